The van der Waals surface area contributed by atoms with Crippen LogP contribution in [0.1, 0.15) is 60.3 Å². The first kappa shape index (κ1) is 18.9. The molecule has 2 unspecified atom stereocenters. The van der Waals surface area contributed by atoms with Gasteiger partial charge in [-0.25, -0.2) is 0 Å². The lowest BCUT2D eigenvalue weighted by atomic mass is 9.89. The van der Waals surface area contributed by atoms with Gasteiger partial charge in [-0.3, -0.25) is 9.59 Å². The van der Waals surface area contributed by atoms with Crippen LogP contribution in [0.25, 0.3) is 0 Å². The third kappa shape index (κ3) is 7.48. The van der Waals surface area contributed by atoms with E-state index in [0.29, 0.717) is 13.0 Å². The van der Waals surface area contributed by atoms with Crippen molar-refractivity contribution >= 4 is 11.9 Å². The molecule has 0 aromatic heterocycles. The van der Waals surface area contributed by atoms with Crippen LogP contribution in [0.3, 0.4) is 0 Å². The molecule has 0 fully saturated rings. The summed E-state index contributed by atoms with van der Waals surface area (Å²) in [4.78, 5) is 23.0. The number of hydrogen-bond donors (Lipinski definition) is 0. The quantitative estimate of drug-likeness (QED) is 0.351. The maximum absolute atomic E-state index is 12.1. The highest BCUT2D eigenvalue weighted by Crippen LogP contribution is 2.24. The lowest BCUT2D eigenvalue weighted by Crippen LogP contribution is -2.37. The minimum Gasteiger partial charge on any atom is -0.465 e. The van der Waals surface area contributed by atoms with Crippen LogP contribution in [0.15, 0.2) is 0 Å². The Balaban J connectivity index is 4.21. The van der Waals surface area contributed by atoms with E-state index in [9.17, 15) is 9.59 Å². The van der Waals surface area contributed by atoms with Gasteiger partial charge in [0.25, 0.3) is 0 Å². The molecule has 0 N–H and O–H groups in total. The van der Waals surface area contributed by atoms with Crippen molar-refractivity contribution in [2.75, 3.05) is 13.2 Å². The molecule has 118 valence electrons. The van der Waals surface area contributed by atoms with E-state index in [0.717, 1.165) is 19.3 Å². The first-order valence-corrected chi connectivity index (χ1v) is 7.31. The molecule has 0 saturated carbocycles. The maximum Gasteiger partial charge on any atom is 0.317 e. The zero-order chi connectivity index (χ0) is 15.6. The summed E-state index contributed by atoms with van der Waals surface area (Å²) in [5.41, 5.74) is -0.827. The molecule has 0 aromatic carbocycles. The smallest absolute Gasteiger partial charge is 0.317 e. The topological polar surface area (TPSA) is 61.8 Å². The lowest BCUT2D eigenvalue weighted by Gasteiger charge is -2.27. The van der Waals surface area contributed by atoms with Crippen LogP contribution in [0.4, 0.5) is 0 Å². The molecular weight excluding hydrogens is 260 g/mol. The second kappa shape index (κ2) is 9.75. The van der Waals surface area contributed by atoms with Gasteiger partial charge in [-0.05, 0) is 26.7 Å². The summed E-state index contributed by atoms with van der Waals surface area (Å²) in [6, 6.07) is 0. The van der Waals surface area contributed by atoms with Gasteiger partial charge in [0.05, 0.1) is 12.0 Å². The maximum atomic E-state index is 12.1. The van der Waals surface area contributed by atoms with Crippen molar-refractivity contribution < 1.29 is 23.8 Å². The molecule has 0 aliphatic rings. The van der Waals surface area contributed by atoms with Crippen LogP contribution in [0, 0.1) is 5.41 Å². The molecule has 0 spiro atoms. The van der Waals surface area contributed by atoms with Gasteiger partial charge >= 0.3 is 11.9 Å². The standard InChI is InChI=1S/C15H28O5/c1-6-8-9-10-18-13(4)20-14(17)15(5,7-2)11-19-12(3)16/h13H,6-11H2,1-5H3. The number of rotatable bonds is 10. The lowest BCUT2D eigenvalue weighted by molar-refractivity contribution is -0.189. The van der Waals surface area contributed by atoms with E-state index in [1.807, 2.05) is 6.92 Å². The SMILES string of the molecule is CCCCCOC(C)OC(=O)C(C)(CC)COC(C)=O. The van der Waals surface area contributed by atoms with E-state index < -0.39 is 23.6 Å². The average Bonchev–Trinajstić information content (AvgIpc) is 2.40. The van der Waals surface area contributed by atoms with Crippen LogP contribution < -0.4 is 0 Å². The highest BCUT2D eigenvalue weighted by molar-refractivity contribution is 5.77. The molecule has 0 amide bonds. The molecule has 0 bridgehead atoms. The summed E-state index contributed by atoms with van der Waals surface area (Å²) in [6.07, 6.45) is 3.12. The van der Waals surface area contributed by atoms with Gasteiger partial charge in [0, 0.05) is 6.92 Å². The molecule has 0 radical (unpaired) electrons. The Morgan fingerprint density at radius 2 is 1.85 bits per heavy atom. The fraction of sp³-hybridized carbons (Fsp3) is 0.867. The molecule has 0 heterocycles. The van der Waals surface area contributed by atoms with Gasteiger partial charge in [0.1, 0.15) is 6.61 Å². The predicted molar refractivity (Wildman–Crippen MR) is 76.1 cm³/mol. The molecule has 0 aliphatic carbocycles. The van der Waals surface area contributed by atoms with Gasteiger partial charge < -0.3 is 14.2 Å². The summed E-state index contributed by atoms with van der Waals surface area (Å²) >= 11 is 0. The van der Waals surface area contributed by atoms with Crippen LogP contribution in [0.5, 0.6) is 0 Å². The van der Waals surface area contributed by atoms with E-state index in [1.54, 1.807) is 13.8 Å². The molecule has 20 heavy (non-hydrogen) atoms. The Kier molecular flexibility index (Phi) is 9.21. The third-order valence-electron chi connectivity index (χ3n) is 3.24. The van der Waals surface area contributed by atoms with Gasteiger partial charge in [-0.2, -0.15) is 0 Å². The fourth-order valence-electron chi connectivity index (χ4n) is 1.49. The van der Waals surface area contributed by atoms with Crippen molar-refractivity contribution in [3.05, 3.63) is 0 Å². The summed E-state index contributed by atoms with van der Waals surface area (Å²) in [5.74, 6) is -0.800. The molecule has 0 saturated heterocycles. The molecule has 5 heteroatoms. The zero-order valence-electron chi connectivity index (χ0n) is 13.4. The number of carbonyl (C=O) groups is 2. The average molecular weight is 288 g/mol. The molecule has 0 aromatic rings. The van der Waals surface area contributed by atoms with Gasteiger partial charge in [-0.1, -0.05) is 26.7 Å². The van der Waals surface area contributed by atoms with Gasteiger partial charge in [0.2, 0.25) is 0 Å². The number of hydrogen-bond acceptors (Lipinski definition) is 5. The van der Waals surface area contributed by atoms with Crippen LogP contribution in [-0.4, -0.2) is 31.4 Å². The molecule has 2 atom stereocenters. The van der Waals surface area contributed by atoms with E-state index in [2.05, 4.69) is 6.92 Å². The minimum absolute atomic E-state index is 0.0280. The first-order valence-electron chi connectivity index (χ1n) is 7.31. The van der Waals surface area contributed by atoms with Crippen molar-refractivity contribution in [3.63, 3.8) is 0 Å². The Morgan fingerprint density at radius 1 is 1.20 bits per heavy atom. The summed E-state index contributed by atoms with van der Waals surface area (Å²) in [6.45, 7) is 9.33. The van der Waals surface area contributed by atoms with Crippen LogP contribution in [-0.2, 0) is 23.8 Å². The molecular formula is C15H28O5. The summed E-state index contributed by atoms with van der Waals surface area (Å²) in [5, 5.41) is 0. The zero-order valence-corrected chi connectivity index (χ0v) is 13.4. The minimum atomic E-state index is -0.827. The van der Waals surface area contributed by atoms with E-state index in [1.165, 1.54) is 6.92 Å². The number of ether oxygens (including phenoxy) is 3. The Bertz CT molecular complexity index is 303. The largest absolute Gasteiger partial charge is 0.465 e. The highest BCUT2D eigenvalue weighted by Gasteiger charge is 2.35. The monoisotopic (exact) mass is 288 g/mol. The van der Waals surface area contributed by atoms with Crippen molar-refractivity contribution in [3.8, 4) is 0 Å². The van der Waals surface area contributed by atoms with Crippen molar-refractivity contribution in [2.45, 2.75) is 66.6 Å². The second-order valence-electron chi connectivity index (χ2n) is 5.25. The van der Waals surface area contributed by atoms with Gasteiger partial charge in [0.15, 0.2) is 6.29 Å². The van der Waals surface area contributed by atoms with Crippen molar-refractivity contribution in [1.82, 2.24) is 0 Å². The Labute approximate surface area is 122 Å². The summed E-state index contributed by atoms with van der Waals surface area (Å²) < 4.78 is 15.6. The third-order valence-corrected chi connectivity index (χ3v) is 3.24. The summed E-state index contributed by atoms with van der Waals surface area (Å²) in [7, 11) is 0. The Morgan fingerprint density at radius 3 is 2.35 bits per heavy atom. The van der Waals surface area contributed by atoms with Crippen LogP contribution in [0.2, 0.25) is 0 Å². The first-order chi connectivity index (χ1) is 9.35. The van der Waals surface area contributed by atoms with E-state index in [4.69, 9.17) is 14.2 Å². The fourth-order valence-corrected chi connectivity index (χ4v) is 1.49. The molecule has 0 rings (SSSR count). The second-order valence-corrected chi connectivity index (χ2v) is 5.25. The number of esters is 2. The van der Waals surface area contributed by atoms with E-state index in [-0.39, 0.29) is 6.61 Å². The predicted octanol–water partition coefficient (Wildman–Crippen LogP) is 3.06. The number of unbranched alkanes of at least 4 members (excludes halogenated alkanes) is 2. The molecule has 5 nitrogen and oxygen atoms in total. The van der Waals surface area contributed by atoms with Crippen molar-refractivity contribution in [1.29, 1.82) is 0 Å². The Hall–Kier alpha value is -1.10. The van der Waals surface area contributed by atoms with Crippen LogP contribution >= 0.6 is 0 Å². The molecule has 0 aliphatic heterocycles. The highest BCUT2D eigenvalue weighted by atomic mass is 16.7. The van der Waals surface area contributed by atoms with E-state index >= 15 is 0 Å². The normalized spacial score (nSPS) is 15.2. The van der Waals surface area contributed by atoms with Gasteiger partial charge in [-0.15, -0.1) is 0 Å². The number of carbonyl (C=O) groups excluding carboxylic acids is 2. The van der Waals surface area contributed by atoms with Crippen molar-refractivity contribution in [2.24, 2.45) is 5.41 Å².